The maximum absolute atomic E-state index is 11.3. The van der Waals surface area contributed by atoms with Crippen LogP contribution >= 0.6 is 0 Å². The van der Waals surface area contributed by atoms with Gasteiger partial charge in [0.15, 0.2) is 0 Å². The second kappa shape index (κ2) is 4.21. The molecular weight excluding hydrogens is 188 g/mol. The Balaban J connectivity index is 2.06. The van der Waals surface area contributed by atoms with Gasteiger partial charge in [-0.05, 0) is 49.7 Å². The summed E-state index contributed by atoms with van der Waals surface area (Å²) in [4.78, 5) is 11.3. The van der Waals surface area contributed by atoms with Crippen LogP contribution < -0.4 is 0 Å². The Morgan fingerprint density at radius 1 is 1.53 bits per heavy atom. The first-order chi connectivity index (χ1) is 7.24. The molecule has 0 amide bonds. The third-order valence-corrected chi connectivity index (χ3v) is 3.66. The predicted octanol–water partition coefficient (Wildman–Crippen LogP) is 3.22. The van der Waals surface area contributed by atoms with E-state index in [0.717, 1.165) is 30.7 Å². The van der Waals surface area contributed by atoms with Crippen LogP contribution in [0.15, 0.2) is 23.0 Å². The fraction of sp³-hybridized carbons (Fsp3) is 0.615. The molecule has 0 saturated heterocycles. The van der Waals surface area contributed by atoms with Crippen molar-refractivity contribution in [3.05, 3.63) is 24.2 Å². The summed E-state index contributed by atoms with van der Waals surface area (Å²) in [6.07, 6.45) is 9.87. The van der Waals surface area contributed by atoms with Crippen molar-refractivity contribution < 1.29 is 9.21 Å². The number of hydrogen-bond donors (Lipinski definition) is 0. The summed E-state index contributed by atoms with van der Waals surface area (Å²) in [5.74, 6) is 0.780. The maximum atomic E-state index is 11.3. The van der Waals surface area contributed by atoms with Gasteiger partial charge in [0, 0.05) is 5.41 Å². The van der Waals surface area contributed by atoms with Gasteiger partial charge in [0.05, 0.1) is 12.5 Å². The smallest absolute Gasteiger partial charge is 0.126 e. The zero-order valence-corrected chi connectivity index (χ0v) is 9.24. The highest BCUT2D eigenvalue weighted by Gasteiger charge is 2.34. The van der Waals surface area contributed by atoms with Crippen molar-refractivity contribution >= 4 is 6.29 Å². The molecule has 1 aliphatic rings. The number of rotatable bonds is 3. The minimum atomic E-state index is -0.115. The standard InChI is InChI=1S/C13H18O2/c1-11-2-5-13(10-14,6-3-11)8-12-4-7-15-9-12/h4,7,9-11H,2-3,5-6,8H2,1H3. The second-order valence-corrected chi connectivity index (χ2v) is 4.97. The minimum absolute atomic E-state index is 0.115. The van der Waals surface area contributed by atoms with E-state index in [4.69, 9.17) is 4.42 Å². The van der Waals surface area contributed by atoms with Crippen molar-refractivity contribution in [2.24, 2.45) is 11.3 Å². The van der Waals surface area contributed by atoms with Crippen LogP contribution in [-0.2, 0) is 11.2 Å². The van der Waals surface area contributed by atoms with Crippen LogP contribution in [0.5, 0.6) is 0 Å². The largest absolute Gasteiger partial charge is 0.472 e. The molecule has 15 heavy (non-hydrogen) atoms. The van der Waals surface area contributed by atoms with E-state index in [1.54, 1.807) is 12.5 Å². The maximum Gasteiger partial charge on any atom is 0.126 e. The van der Waals surface area contributed by atoms with Gasteiger partial charge in [0.2, 0.25) is 0 Å². The molecule has 2 nitrogen and oxygen atoms in total. The number of hydrogen-bond acceptors (Lipinski definition) is 2. The van der Waals surface area contributed by atoms with Crippen molar-refractivity contribution in [1.82, 2.24) is 0 Å². The lowest BCUT2D eigenvalue weighted by Crippen LogP contribution is -2.30. The summed E-state index contributed by atoms with van der Waals surface area (Å²) in [5.41, 5.74) is 1.03. The SMILES string of the molecule is CC1CCC(C=O)(Cc2ccoc2)CC1. The predicted molar refractivity (Wildman–Crippen MR) is 58.5 cm³/mol. The summed E-state index contributed by atoms with van der Waals surface area (Å²) >= 11 is 0. The van der Waals surface area contributed by atoms with Gasteiger partial charge in [0.1, 0.15) is 6.29 Å². The van der Waals surface area contributed by atoms with Crippen LogP contribution in [0.2, 0.25) is 0 Å². The molecule has 0 atom stereocenters. The van der Waals surface area contributed by atoms with Crippen LogP contribution in [0.25, 0.3) is 0 Å². The summed E-state index contributed by atoms with van der Waals surface area (Å²) in [6.45, 7) is 2.27. The van der Waals surface area contributed by atoms with Crippen LogP contribution in [0, 0.1) is 11.3 Å². The molecule has 1 heterocycles. The average molecular weight is 206 g/mol. The lowest BCUT2D eigenvalue weighted by atomic mass is 9.69. The first kappa shape index (κ1) is 10.5. The molecule has 1 aliphatic carbocycles. The Bertz CT molecular complexity index is 305. The van der Waals surface area contributed by atoms with Gasteiger partial charge in [-0.25, -0.2) is 0 Å². The zero-order chi connectivity index (χ0) is 10.7. The minimum Gasteiger partial charge on any atom is -0.472 e. The van der Waals surface area contributed by atoms with Gasteiger partial charge < -0.3 is 9.21 Å². The molecule has 0 N–H and O–H groups in total. The summed E-state index contributed by atoms with van der Waals surface area (Å²) < 4.78 is 5.05. The third-order valence-electron chi connectivity index (χ3n) is 3.66. The van der Waals surface area contributed by atoms with E-state index in [1.165, 1.54) is 19.1 Å². The number of furan rings is 1. The zero-order valence-electron chi connectivity index (χ0n) is 9.24. The van der Waals surface area contributed by atoms with Gasteiger partial charge in [-0.2, -0.15) is 0 Å². The molecular formula is C13H18O2. The Hall–Kier alpha value is -1.05. The Labute approximate surface area is 90.7 Å². The molecule has 2 heteroatoms. The molecule has 2 rings (SSSR count). The fourth-order valence-corrected chi connectivity index (χ4v) is 2.47. The van der Waals surface area contributed by atoms with Crippen molar-refractivity contribution in [2.75, 3.05) is 0 Å². The molecule has 0 aromatic carbocycles. The van der Waals surface area contributed by atoms with Crippen LogP contribution in [0.1, 0.15) is 38.2 Å². The normalized spacial score (nSPS) is 31.4. The van der Waals surface area contributed by atoms with Gasteiger partial charge >= 0.3 is 0 Å². The molecule has 1 aromatic rings. The van der Waals surface area contributed by atoms with Crippen molar-refractivity contribution in [3.63, 3.8) is 0 Å². The van der Waals surface area contributed by atoms with Gasteiger partial charge in [-0.15, -0.1) is 0 Å². The molecule has 82 valence electrons. The molecule has 0 spiro atoms. The molecule has 0 bridgehead atoms. The highest BCUT2D eigenvalue weighted by Crippen LogP contribution is 2.39. The first-order valence-corrected chi connectivity index (χ1v) is 5.71. The van der Waals surface area contributed by atoms with Gasteiger partial charge in [0.25, 0.3) is 0 Å². The van der Waals surface area contributed by atoms with Crippen molar-refractivity contribution in [3.8, 4) is 0 Å². The van der Waals surface area contributed by atoms with Gasteiger partial charge in [-0.1, -0.05) is 6.92 Å². The highest BCUT2D eigenvalue weighted by atomic mass is 16.3. The van der Waals surface area contributed by atoms with Crippen LogP contribution in [0.4, 0.5) is 0 Å². The molecule has 0 unspecified atom stereocenters. The lowest BCUT2D eigenvalue weighted by Gasteiger charge is -2.34. The average Bonchev–Trinajstić information content (AvgIpc) is 2.75. The van der Waals surface area contributed by atoms with E-state index in [-0.39, 0.29) is 5.41 Å². The van der Waals surface area contributed by atoms with E-state index in [0.29, 0.717) is 0 Å². The molecule has 1 fully saturated rings. The Kier molecular flexibility index (Phi) is 2.94. The third kappa shape index (κ3) is 2.31. The van der Waals surface area contributed by atoms with E-state index in [2.05, 4.69) is 6.92 Å². The van der Waals surface area contributed by atoms with E-state index in [1.807, 2.05) is 6.07 Å². The lowest BCUT2D eigenvalue weighted by molar-refractivity contribution is -0.118. The van der Waals surface area contributed by atoms with E-state index in [9.17, 15) is 4.79 Å². The molecule has 1 aromatic heterocycles. The fourth-order valence-electron chi connectivity index (χ4n) is 2.47. The summed E-state index contributed by atoms with van der Waals surface area (Å²) in [6, 6.07) is 1.96. The van der Waals surface area contributed by atoms with Gasteiger partial charge in [-0.3, -0.25) is 0 Å². The Morgan fingerprint density at radius 2 is 2.27 bits per heavy atom. The monoisotopic (exact) mass is 206 g/mol. The Morgan fingerprint density at radius 3 is 2.80 bits per heavy atom. The number of aldehydes is 1. The number of carbonyl (C=O) groups is 1. The molecule has 0 radical (unpaired) electrons. The quantitative estimate of drug-likeness (QED) is 0.711. The highest BCUT2D eigenvalue weighted by molar-refractivity contribution is 5.60. The first-order valence-electron chi connectivity index (χ1n) is 5.71. The van der Waals surface area contributed by atoms with Crippen molar-refractivity contribution in [2.45, 2.75) is 39.0 Å². The topological polar surface area (TPSA) is 30.2 Å². The summed E-state index contributed by atoms with van der Waals surface area (Å²) in [7, 11) is 0. The molecule has 1 saturated carbocycles. The van der Waals surface area contributed by atoms with E-state index >= 15 is 0 Å². The van der Waals surface area contributed by atoms with Crippen LogP contribution in [0.3, 0.4) is 0 Å². The van der Waals surface area contributed by atoms with E-state index < -0.39 is 0 Å². The van der Waals surface area contributed by atoms with Crippen molar-refractivity contribution in [1.29, 1.82) is 0 Å². The molecule has 0 aliphatic heterocycles. The van der Waals surface area contributed by atoms with Crippen LogP contribution in [-0.4, -0.2) is 6.29 Å². The summed E-state index contributed by atoms with van der Waals surface area (Å²) in [5, 5.41) is 0. The number of carbonyl (C=O) groups excluding carboxylic acids is 1. The second-order valence-electron chi connectivity index (χ2n) is 4.97.